The first-order chi connectivity index (χ1) is 15.4. The first kappa shape index (κ1) is 24.9. The van der Waals surface area contributed by atoms with Crippen LogP contribution in [0.1, 0.15) is 40.0 Å². The van der Waals surface area contributed by atoms with Gasteiger partial charge in [-0.25, -0.2) is 13.4 Å². The monoisotopic (exact) mass is 476 g/mol. The van der Waals surface area contributed by atoms with E-state index in [1.54, 1.807) is 6.20 Å². The predicted molar refractivity (Wildman–Crippen MR) is 124 cm³/mol. The molecule has 3 rings (SSSR count). The number of amides is 2. The van der Waals surface area contributed by atoms with Crippen LogP contribution in [-0.4, -0.2) is 73.0 Å². The van der Waals surface area contributed by atoms with Crippen molar-refractivity contribution in [3.05, 3.63) is 24.4 Å². The summed E-state index contributed by atoms with van der Waals surface area (Å²) in [6.45, 7) is 7.11. The average molecular weight is 477 g/mol. The highest BCUT2D eigenvalue weighted by Crippen LogP contribution is 2.34. The zero-order chi connectivity index (χ0) is 24.3. The predicted octanol–water partition coefficient (Wildman–Crippen LogP) is 0.627. The molecule has 1 saturated heterocycles. The molecule has 180 valence electrons. The Hall–Kier alpha value is -2.71. The number of nitrogens with one attached hydrogen (secondary N) is 2. The summed E-state index contributed by atoms with van der Waals surface area (Å²) >= 11 is 0. The van der Waals surface area contributed by atoms with E-state index < -0.39 is 39.2 Å². The van der Waals surface area contributed by atoms with Crippen LogP contribution in [0.4, 0.5) is 5.82 Å². The summed E-state index contributed by atoms with van der Waals surface area (Å²) in [6, 6.07) is 6.36. The summed E-state index contributed by atoms with van der Waals surface area (Å²) in [7, 11) is -3.84. The smallest absolute Gasteiger partial charge is 0.244 e. The molecule has 2 fully saturated rings. The fourth-order valence-corrected chi connectivity index (χ4v) is 5.26. The lowest BCUT2D eigenvalue weighted by Gasteiger charge is -2.35. The third kappa shape index (κ3) is 6.88. The van der Waals surface area contributed by atoms with Crippen LogP contribution < -0.4 is 15.5 Å². The minimum absolute atomic E-state index is 0.142. The van der Waals surface area contributed by atoms with E-state index in [4.69, 9.17) is 0 Å². The number of nitrogens with zero attached hydrogens (tertiary/aromatic N) is 4. The highest BCUT2D eigenvalue weighted by Gasteiger charge is 2.46. The van der Waals surface area contributed by atoms with Crippen LogP contribution in [0.2, 0.25) is 0 Å². The summed E-state index contributed by atoms with van der Waals surface area (Å²) in [4.78, 5) is 31.7. The van der Waals surface area contributed by atoms with Crippen molar-refractivity contribution in [2.75, 3.05) is 36.8 Å². The maximum atomic E-state index is 13.2. The van der Waals surface area contributed by atoms with Gasteiger partial charge in [-0.05, 0) is 30.4 Å². The summed E-state index contributed by atoms with van der Waals surface area (Å²) in [5, 5.41) is 14.5. The third-order valence-electron chi connectivity index (χ3n) is 5.65. The van der Waals surface area contributed by atoms with Crippen molar-refractivity contribution in [1.29, 1.82) is 5.26 Å². The molecule has 1 aromatic rings. The molecule has 1 aliphatic carbocycles. The Balaban J connectivity index is 1.67. The molecule has 1 saturated carbocycles. The van der Waals surface area contributed by atoms with E-state index in [1.807, 2.05) is 43.9 Å². The van der Waals surface area contributed by atoms with Gasteiger partial charge in [0.15, 0.2) is 0 Å². The zero-order valence-electron chi connectivity index (χ0n) is 19.4. The van der Waals surface area contributed by atoms with Gasteiger partial charge in [0, 0.05) is 38.8 Å². The largest absolute Gasteiger partial charge is 0.354 e. The Morgan fingerprint density at radius 2 is 1.88 bits per heavy atom. The number of pyridine rings is 1. The molecular formula is C22H32N6O4S. The molecule has 1 aromatic heterocycles. The summed E-state index contributed by atoms with van der Waals surface area (Å²) in [5.41, 5.74) is -1.28. The highest BCUT2D eigenvalue weighted by molar-refractivity contribution is 7.89. The van der Waals surface area contributed by atoms with Crippen molar-refractivity contribution in [3.8, 4) is 6.07 Å². The molecule has 2 amide bonds. The molecule has 1 aliphatic heterocycles. The fourth-order valence-electron chi connectivity index (χ4n) is 3.67. The van der Waals surface area contributed by atoms with Crippen LogP contribution in [0.5, 0.6) is 0 Å². The van der Waals surface area contributed by atoms with Gasteiger partial charge >= 0.3 is 0 Å². The number of carbonyl (C=O) groups excluding carboxylic acids is 2. The molecular weight excluding hydrogens is 444 g/mol. The molecule has 0 aromatic carbocycles. The highest BCUT2D eigenvalue weighted by atomic mass is 32.2. The molecule has 1 unspecified atom stereocenters. The van der Waals surface area contributed by atoms with Crippen LogP contribution in [0, 0.1) is 16.7 Å². The Morgan fingerprint density at radius 1 is 1.21 bits per heavy atom. The van der Waals surface area contributed by atoms with Crippen LogP contribution in [0.3, 0.4) is 0 Å². The number of rotatable bonds is 8. The van der Waals surface area contributed by atoms with Gasteiger partial charge in [-0.15, -0.1) is 0 Å². The minimum Gasteiger partial charge on any atom is -0.354 e. The van der Waals surface area contributed by atoms with Crippen molar-refractivity contribution in [2.45, 2.75) is 51.6 Å². The average Bonchev–Trinajstić information content (AvgIpc) is 3.52. The SMILES string of the molecule is CC(C)(C)CC(=O)NC(CS(=O)(=O)N1CCN(c2ccccn2)CC1)C(=O)NC1(C#N)CC1. The van der Waals surface area contributed by atoms with E-state index in [9.17, 15) is 23.3 Å². The van der Waals surface area contributed by atoms with Gasteiger partial charge in [-0.2, -0.15) is 9.57 Å². The standard InChI is InChI=1S/C22H32N6O4S/c1-21(2,3)14-19(29)25-17(20(30)26-22(16-23)7-8-22)15-33(31,32)28-12-10-27(11-13-28)18-6-4-5-9-24-18/h4-6,9,17H,7-8,10-15H2,1-3H3,(H,25,29)(H,26,30). The Labute approximate surface area is 195 Å². The van der Waals surface area contributed by atoms with Crippen molar-refractivity contribution in [2.24, 2.45) is 5.41 Å². The first-order valence-corrected chi connectivity index (χ1v) is 12.7. The normalized spacial score (nSPS) is 19.3. The van der Waals surface area contributed by atoms with Crippen molar-refractivity contribution in [3.63, 3.8) is 0 Å². The molecule has 2 aliphatic rings. The number of aromatic nitrogens is 1. The van der Waals surface area contributed by atoms with Gasteiger partial charge in [0.2, 0.25) is 21.8 Å². The Morgan fingerprint density at radius 3 is 2.39 bits per heavy atom. The van der Waals surface area contributed by atoms with Gasteiger partial charge in [0.25, 0.3) is 0 Å². The molecule has 0 radical (unpaired) electrons. The van der Waals surface area contributed by atoms with E-state index in [2.05, 4.69) is 21.7 Å². The molecule has 2 heterocycles. The maximum absolute atomic E-state index is 13.2. The van der Waals surface area contributed by atoms with Gasteiger partial charge in [-0.1, -0.05) is 26.8 Å². The lowest BCUT2D eigenvalue weighted by molar-refractivity contribution is -0.129. The number of anilines is 1. The molecule has 0 bridgehead atoms. The fraction of sp³-hybridized carbons (Fsp3) is 0.636. The summed E-state index contributed by atoms with van der Waals surface area (Å²) in [5.74, 6) is -0.820. The van der Waals surface area contributed by atoms with Crippen molar-refractivity contribution in [1.82, 2.24) is 19.9 Å². The van der Waals surface area contributed by atoms with Crippen LogP contribution in [0.15, 0.2) is 24.4 Å². The second-order valence-electron chi connectivity index (χ2n) is 9.89. The first-order valence-electron chi connectivity index (χ1n) is 11.1. The lowest BCUT2D eigenvalue weighted by atomic mass is 9.92. The van der Waals surface area contributed by atoms with E-state index in [0.717, 1.165) is 5.82 Å². The van der Waals surface area contributed by atoms with Gasteiger partial charge in [-0.3, -0.25) is 9.59 Å². The third-order valence-corrected chi connectivity index (χ3v) is 7.56. The van der Waals surface area contributed by atoms with Crippen molar-refractivity contribution >= 4 is 27.7 Å². The number of sulfonamides is 1. The summed E-state index contributed by atoms with van der Waals surface area (Å²) < 4.78 is 27.7. The summed E-state index contributed by atoms with van der Waals surface area (Å²) in [6.07, 6.45) is 2.86. The molecule has 10 nitrogen and oxygen atoms in total. The number of nitriles is 1. The lowest BCUT2D eigenvalue weighted by Crippen LogP contribution is -2.56. The van der Waals surface area contributed by atoms with Crippen LogP contribution in [-0.2, 0) is 19.6 Å². The van der Waals surface area contributed by atoms with Crippen LogP contribution in [0.25, 0.3) is 0 Å². The second kappa shape index (κ2) is 9.65. The minimum atomic E-state index is -3.84. The second-order valence-corrected chi connectivity index (χ2v) is 11.9. The topological polar surface area (TPSA) is 136 Å². The van der Waals surface area contributed by atoms with Crippen LogP contribution >= 0.6 is 0 Å². The van der Waals surface area contributed by atoms with E-state index in [1.165, 1.54) is 4.31 Å². The number of carbonyl (C=O) groups is 2. The quantitative estimate of drug-likeness (QED) is 0.562. The number of hydrogen-bond acceptors (Lipinski definition) is 7. The molecule has 11 heteroatoms. The zero-order valence-corrected chi connectivity index (χ0v) is 20.2. The van der Waals surface area contributed by atoms with Gasteiger partial charge < -0.3 is 15.5 Å². The van der Waals surface area contributed by atoms with Crippen molar-refractivity contribution < 1.29 is 18.0 Å². The maximum Gasteiger partial charge on any atom is 0.244 e. The Kier molecular flexibility index (Phi) is 7.29. The van der Waals surface area contributed by atoms with Gasteiger partial charge in [0.1, 0.15) is 17.4 Å². The van der Waals surface area contributed by atoms with E-state index >= 15 is 0 Å². The van der Waals surface area contributed by atoms with E-state index in [-0.39, 0.29) is 24.9 Å². The molecule has 33 heavy (non-hydrogen) atoms. The van der Waals surface area contributed by atoms with Gasteiger partial charge in [0.05, 0.1) is 11.8 Å². The molecule has 1 atom stereocenters. The van der Waals surface area contributed by atoms with E-state index in [0.29, 0.717) is 25.9 Å². The molecule has 0 spiro atoms. The number of hydrogen-bond donors (Lipinski definition) is 2. The molecule has 2 N–H and O–H groups in total. The Bertz CT molecular complexity index is 1000. The number of piperazine rings is 1.